The van der Waals surface area contributed by atoms with Crippen LogP contribution in [0.1, 0.15) is 41.0 Å². The molecule has 0 fully saturated rings. The molecule has 1 aromatic heterocycles. The van der Waals surface area contributed by atoms with Gasteiger partial charge in [-0.25, -0.2) is 0 Å². The highest BCUT2D eigenvalue weighted by atomic mass is 16.3. The van der Waals surface area contributed by atoms with Crippen LogP contribution in [-0.4, -0.2) is 6.54 Å². The molecule has 1 atom stereocenters. The molecular weight excluding hydrogens is 234 g/mol. The molecule has 2 aromatic rings. The summed E-state index contributed by atoms with van der Waals surface area (Å²) < 4.78 is 5.43. The molecule has 0 saturated heterocycles. The molecule has 0 spiro atoms. The van der Waals surface area contributed by atoms with Crippen molar-refractivity contribution in [2.75, 3.05) is 6.54 Å². The van der Waals surface area contributed by atoms with Crippen LogP contribution in [0.3, 0.4) is 0 Å². The minimum absolute atomic E-state index is 0.324. The van der Waals surface area contributed by atoms with Crippen molar-refractivity contribution < 1.29 is 4.42 Å². The van der Waals surface area contributed by atoms with Crippen molar-refractivity contribution in [1.29, 1.82) is 0 Å². The summed E-state index contributed by atoms with van der Waals surface area (Å²) >= 11 is 0. The minimum Gasteiger partial charge on any atom is -0.469 e. The Bertz CT molecular complexity index is 542. The number of benzene rings is 1. The SMILES string of the molecule is CCNC(Cc1ccc(C)c(C)c1)c1coc(C)c1. The number of furan rings is 1. The molecule has 2 rings (SSSR count). The van der Waals surface area contributed by atoms with Crippen molar-refractivity contribution in [2.45, 2.75) is 40.2 Å². The third-order valence-corrected chi connectivity index (χ3v) is 3.61. The second kappa shape index (κ2) is 6.07. The van der Waals surface area contributed by atoms with Crippen molar-refractivity contribution in [3.63, 3.8) is 0 Å². The molecule has 0 radical (unpaired) electrons. The highest BCUT2D eigenvalue weighted by molar-refractivity contribution is 5.31. The first-order chi connectivity index (χ1) is 9.10. The van der Waals surface area contributed by atoms with Crippen molar-refractivity contribution in [2.24, 2.45) is 0 Å². The van der Waals surface area contributed by atoms with Gasteiger partial charge in [0.15, 0.2) is 0 Å². The lowest BCUT2D eigenvalue weighted by Crippen LogP contribution is -2.22. The molecule has 1 N–H and O–H groups in total. The van der Waals surface area contributed by atoms with Crippen LogP contribution in [-0.2, 0) is 6.42 Å². The molecule has 102 valence electrons. The van der Waals surface area contributed by atoms with Gasteiger partial charge in [-0.1, -0.05) is 25.1 Å². The molecule has 0 amide bonds. The van der Waals surface area contributed by atoms with E-state index in [0.29, 0.717) is 6.04 Å². The van der Waals surface area contributed by atoms with Gasteiger partial charge in [-0.3, -0.25) is 0 Å². The minimum atomic E-state index is 0.324. The average Bonchev–Trinajstić information content (AvgIpc) is 2.80. The summed E-state index contributed by atoms with van der Waals surface area (Å²) in [4.78, 5) is 0. The van der Waals surface area contributed by atoms with Crippen LogP contribution in [0.4, 0.5) is 0 Å². The Morgan fingerprint density at radius 3 is 2.47 bits per heavy atom. The molecule has 19 heavy (non-hydrogen) atoms. The summed E-state index contributed by atoms with van der Waals surface area (Å²) in [5.41, 5.74) is 5.31. The van der Waals surface area contributed by atoms with Gasteiger partial charge in [0, 0.05) is 11.6 Å². The third-order valence-electron chi connectivity index (χ3n) is 3.61. The molecule has 1 unspecified atom stereocenters. The summed E-state index contributed by atoms with van der Waals surface area (Å²) in [6.45, 7) is 9.41. The van der Waals surface area contributed by atoms with Crippen LogP contribution >= 0.6 is 0 Å². The zero-order chi connectivity index (χ0) is 13.8. The van der Waals surface area contributed by atoms with Crippen molar-refractivity contribution in [3.8, 4) is 0 Å². The fraction of sp³-hybridized carbons (Fsp3) is 0.412. The van der Waals surface area contributed by atoms with E-state index in [4.69, 9.17) is 4.42 Å². The number of hydrogen-bond donors (Lipinski definition) is 1. The van der Waals surface area contributed by atoms with E-state index in [2.05, 4.69) is 50.4 Å². The quantitative estimate of drug-likeness (QED) is 0.872. The molecule has 2 nitrogen and oxygen atoms in total. The van der Waals surface area contributed by atoms with Gasteiger partial charge in [0.1, 0.15) is 5.76 Å². The molecule has 0 saturated carbocycles. The van der Waals surface area contributed by atoms with Gasteiger partial charge in [0.05, 0.1) is 6.26 Å². The molecule has 0 aliphatic carbocycles. The zero-order valence-electron chi connectivity index (χ0n) is 12.3. The fourth-order valence-electron chi connectivity index (χ4n) is 2.37. The number of aryl methyl sites for hydroxylation is 3. The van der Waals surface area contributed by atoms with E-state index in [1.54, 1.807) is 0 Å². The topological polar surface area (TPSA) is 25.2 Å². The van der Waals surface area contributed by atoms with E-state index >= 15 is 0 Å². The lowest BCUT2D eigenvalue weighted by Gasteiger charge is -2.17. The Morgan fingerprint density at radius 1 is 1.11 bits per heavy atom. The Balaban J connectivity index is 2.18. The first-order valence-electron chi connectivity index (χ1n) is 6.94. The summed E-state index contributed by atoms with van der Waals surface area (Å²) in [5, 5.41) is 3.53. The number of hydrogen-bond acceptors (Lipinski definition) is 2. The lowest BCUT2D eigenvalue weighted by atomic mass is 9.98. The number of nitrogens with one attached hydrogen (secondary N) is 1. The third kappa shape index (κ3) is 3.48. The maximum Gasteiger partial charge on any atom is 0.101 e. The van der Waals surface area contributed by atoms with Crippen LogP contribution in [0, 0.1) is 20.8 Å². The van der Waals surface area contributed by atoms with Crippen LogP contribution in [0.2, 0.25) is 0 Å². The number of rotatable bonds is 5. The van der Waals surface area contributed by atoms with E-state index in [-0.39, 0.29) is 0 Å². The van der Waals surface area contributed by atoms with Gasteiger partial charge >= 0.3 is 0 Å². The van der Waals surface area contributed by atoms with E-state index in [1.807, 2.05) is 13.2 Å². The highest BCUT2D eigenvalue weighted by Gasteiger charge is 2.13. The van der Waals surface area contributed by atoms with E-state index in [9.17, 15) is 0 Å². The average molecular weight is 257 g/mol. The van der Waals surface area contributed by atoms with Gasteiger partial charge in [-0.2, -0.15) is 0 Å². The molecule has 1 heterocycles. The maximum atomic E-state index is 5.43. The lowest BCUT2D eigenvalue weighted by molar-refractivity contribution is 0.511. The van der Waals surface area contributed by atoms with Crippen LogP contribution in [0.25, 0.3) is 0 Å². The fourth-order valence-corrected chi connectivity index (χ4v) is 2.37. The second-order valence-electron chi connectivity index (χ2n) is 5.22. The van der Waals surface area contributed by atoms with Crippen LogP contribution < -0.4 is 5.32 Å². The molecule has 0 aliphatic rings. The Morgan fingerprint density at radius 2 is 1.89 bits per heavy atom. The Labute approximate surface area is 115 Å². The van der Waals surface area contributed by atoms with Gasteiger partial charge in [0.2, 0.25) is 0 Å². The second-order valence-corrected chi connectivity index (χ2v) is 5.22. The van der Waals surface area contributed by atoms with Crippen LogP contribution in [0.5, 0.6) is 0 Å². The van der Waals surface area contributed by atoms with E-state index in [1.165, 1.54) is 22.3 Å². The highest BCUT2D eigenvalue weighted by Crippen LogP contribution is 2.22. The summed E-state index contributed by atoms with van der Waals surface area (Å²) in [6, 6.07) is 9.15. The first kappa shape index (κ1) is 13.9. The first-order valence-corrected chi connectivity index (χ1v) is 6.94. The standard InChI is InChI=1S/C17H23NO/c1-5-18-17(16-9-14(4)19-11-16)10-15-7-6-12(2)13(3)8-15/h6-9,11,17-18H,5,10H2,1-4H3. The van der Waals surface area contributed by atoms with Crippen molar-refractivity contribution >= 4 is 0 Å². The number of likely N-dealkylation sites (N-methyl/N-ethyl adjacent to an activating group) is 1. The molecule has 0 aliphatic heterocycles. The van der Waals surface area contributed by atoms with E-state index in [0.717, 1.165) is 18.7 Å². The predicted molar refractivity (Wildman–Crippen MR) is 79.5 cm³/mol. The van der Waals surface area contributed by atoms with Crippen LogP contribution in [0.15, 0.2) is 34.9 Å². The molecule has 0 bridgehead atoms. The monoisotopic (exact) mass is 257 g/mol. The summed E-state index contributed by atoms with van der Waals surface area (Å²) in [5.74, 6) is 0.970. The van der Waals surface area contributed by atoms with Gasteiger partial charge in [0.25, 0.3) is 0 Å². The predicted octanol–water partition coefficient (Wildman–Crippen LogP) is 4.10. The molecule has 2 heteroatoms. The summed E-state index contributed by atoms with van der Waals surface area (Å²) in [7, 11) is 0. The Kier molecular flexibility index (Phi) is 4.43. The van der Waals surface area contributed by atoms with E-state index < -0.39 is 0 Å². The van der Waals surface area contributed by atoms with Gasteiger partial charge in [-0.05, 0) is 56.5 Å². The normalized spacial score (nSPS) is 12.6. The van der Waals surface area contributed by atoms with Gasteiger partial charge < -0.3 is 9.73 Å². The zero-order valence-corrected chi connectivity index (χ0v) is 12.3. The Hall–Kier alpha value is -1.54. The van der Waals surface area contributed by atoms with Crippen molar-refractivity contribution in [1.82, 2.24) is 5.32 Å². The molecular formula is C17H23NO. The maximum absolute atomic E-state index is 5.43. The smallest absolute Gasteiger partial charge is 0.101 e. The van der Waals surface area contributed by atoms with Crippen molar-refractivity contribution in [3.05, 3.63) is 58.5 Å². The van der Waals surface area contributed by atoms with Gasteiger partial charge in [-0.15, -0.1) is 0 Å². The largest absolute Gasteiger partial charge is 0.469 e. The summed E-state index contributed by atoms with van der Waals surface area (Å²) in [6.07, 6.45) is 2.86. The molecule has 1 aromatic carbocycles.